The monoisotopic (exact) mass is 296 g/mol. The number of benzene rings is 1. The van der Waals surface area contributed by atoms with Gasteiger partial charge in [-0.25, -0.2) is 4.79 Å². The lowest BCUT2D eigenvalue weighted by molar-refractivity contribution is -0.136. The summed E-state index contributed by atoms with van der Waals surface area (Å²) < 4.78 is 0. The van der Waals surface area contributed by atoms with Crippen molar-refractivity contribution in [2.24, 2.45) is 5.73 Å². The number of hydrogen-bond donors (Lipinski definition) is 3. The van der Waals surface area contributed by atoms with Gasteiger partial charge in [0.1, 0.15) is 5.25 Å². The zero-order valence-corrected chi connectivity index (χ0v) is 11.6. The highest BCUT2D eigenvalue weighted by Crippen LogP contribution is 2.17. The summed E-state index contributed by atoms with van der Waals surface area (Å²) in [6, 6.07) is 8.37. The van der Waals surface area contributed by atoms with Crippen LogP contribution in [0.4, 0.5) is 4.79 Å². The average molecular weight is 296 g/mol. The third-order valence-corrected chi connectivity index (χ3v) is 3.66. The maximum Gasteiger partial charge on any atom is 0.318 e. The van der Waals surface area contributed by atoms with E-state index in [4.69, 9.17) is 10.8 Å². The Hall–Kier alpha value is -2.02. The van der Waals surface area contributed by atoms with Crippen molar-refractivity contribution in [1.29, 1.82) is 0 Å². The highest BCUT2D eigenvalue weighted by Gasteiger charge is 2.19. The number of primary amides is 1. The standard InChI is InChI=1S/C13H16N2O4S/c14-13(19)15-11(16)6-7-20-10(12(17)18)8-9-4-2-1-3-5-9/h1-5,10H,6-8H2,(H,17,18)(H3,14,15,16,19). The zero-order valence-electron chi connectivity index (χ0n) is 10.7. The smallest absolute Gasteiger partial charge is 0.318 e. The fourth-order valence-corrected chi connectivity index (χ4v) is 2.58. The summed E-state index contributed by atoms with van der Waals surface area (Å²) in [4.78, 5) is 32.8. The first-order valence-corrected chi connectivity index (χ1v) is 7.01. The minimum absolute atomic E-state index is 0.0478. The van der Waals surface area contributed by atoms with Crippen molar-refractivity contribution in [2.75, 3.05) is 5.75 Å². The molecule has 1 atom stereocenters. The van der Waals surface area contributed by atoms with Crippen LogP contribution in [0.5, 0.6) is 0 Å². The van der Waals surface area contributed by atoms with Crippen LogP contribution in [0, 0.1) is 0 Å². The second-order valence-electron chi connectivity index (χ2n) is 4.05. The van der Waals surface area contributed by atoms with Gasteiger partial charge in [0, 0.05) is 12.2 Å². The second-order valence-corrected chi connectivity index (χ2v) is 5.36. The summed E-state index contributed by atoms with van der Waals surface area (Å²) in [5.41, 5.74) is 5.73. The Morgan fingerprint density at radius 2 is 1.90 bits per heavy atom. The van der Waals surface area contributed by atoms with Gasteiger partial charge >= 0.3 is 12.0 Å². The van der Waals surface area contributed by atoms with Gasteiger partial charge in [0.05, 0.1) is 0 Å². The largest absolute Gasteiger partial charge is 0.480 e. The Morgan fingerprint density at radius 1 is 1.25 bits per heavy atom. The van der Waals surface area contributed by atoms with Gasteiger partial charge in [0.2, 0.25) is 5.91 Å². The quantitative estimate of drug-likeness (QED) is 0.695. The lowest BCUT2D eigenvalue weighted by atomic mass is 10.1. The summed E-state index contributed by atoms with van der Waals surface area (Å²) in [5, 5.41) is 10.5. The highest BCUT2D eigenvalue weighted by atomic mass is 32.2. The van der Waals surface area contributed by atoms with E-state index in [1.807, 2.05) is 35.6 Å². The van der Waals surface area contributed by atoms with E-state index in [-0.39, 0.29) is 6.42 Å². The van der Waals surface area contributed by atoms with Gasteiger partial charge in [-0.3, -0.25) is 14.9 Å². The summed E-state index contributed by atoms with van der Waals surface area (Å²) >= 11 is 1.17. The molecule has 0 aliphatic rings. The molecule has 0 radical (unpaired) electrons. The molecule has 0 aliphatic carbocycles. The molecule has 0 spiro atoms. The molecular weight excluding hydrogens is 280 g/mol. The van der Waals surface area contributed by atoms with Gasteiger partial charge in [0.25, 0.3) is 0 Å². The van der Waals surface area contributed by atoms with E-state index in [1.165, 1.54) is 11.8 Å². The molecule has 108 valence electrons. The van der Waals surface area contributed by atoms with E-state index < -0.39 is 23.2 Å². The Balaban J connectivity index is 2.42. The molecule has 0 saturated carbocycles. The molecule has 4 N–H and O–H groups in total. The van der Waals surface area contributed by atoms with Gasteiger partial charge in [-0.1, -0.05) is 30.3 Å². The number of carboxylic acids is 1. The number of nitrogens with one attached hydrogen (secondary N) is 1. The minimum atomic E-state index is -0.922. The Kier molecular flexibility index (Phi) is 6.58. The molecule has 0 aromatic heterocycles. The molecule has 6 nitrogen and oxygen atoms in total. The Morgan fingerprint density at radius 3 is 2.45 bits per heavy atom. The first kappa shape index (κ1) is 16.0. The molecule has 0 heterocycles. The second kappa shape index (κ2) is 8.21. The SMILES string of the molecule is NC(=O)NC(=O)CCSC(Cc1ccccc1)C(=O)O. The Bertz CT molecular complexity index is 479. The van der Waals surface area contributed by atoms with Crippen LogP contribution in [0.3, 0.4) is 0 Å². The van der Waals surface area contributed by atoms with Crippen molar-refractivity contribution in [3.63, 3.8) is 0 Å². The van der Waals surface area contributed by atoms with Crippen LogP contribution in [0.2, 0.25) is 0 Å². The topological polar surface area (TPSA) is 109 Å². The molecule has 1 aromatic carbocycles. The molecule has 20 heavy (non-hydrogen) atoms. The third kappa shape index (κ3) is 6.24. The number of aliphatic carboxylic acids is 1. The van der Waals surface area contributed by atoms with E-state index in [0.717, 1.165) is 5.56 Å². The summed E-state index contributed by atoms with van der Waals surface area (Å²) in [7, 11) is 0. The van der Waals surface area contributed by atoms with E-state index in [0.29, 0.717) is 12.2 Å². The highest BCUT2D eigenvalue weighted by molar-refractivity contribution is 8.00. The van der Waals surface area contributed by atoms with Gasteiger partial charge in [-0.15, -0.1) is 11.8 Å². The molecule has 7 heteroatoms. The van der Waals surface area contributed by atoms with Crippen molar-refractivity contribution in [3.8, 4) is 0 Å². The van der Waals surface area contributed by atoms with Crippen molar-refractivity contribution in [2.45, 2.75) is 18.1 Å². The molecule has 1 rings (SSSR count). The number of urea groups is 1. The number of carbonyl (C=O) groups is 3. The number of rotatable bonds is 7. The number of thioether (sulfide) groups is 1. The molecule has 0 bridgehead atoms. The Labute approximate surface area is 120 Å². The van der Waals surface area contributed by atoms with Gasteiger partial charge in [-0.05, 0) is 12.0 Å². The van der Waals surface area contributed by atoms with E-state index in [9.17, 15) is 14.4 Å². The fourth-order valence-electron chi connectivity index (χ4n) is 1.54. The lowest BCUT2D eigenvalue weighted by Crippen LogP contribution is -2.35. The number of imide groups is 1. The predicted molar refractivity (Wildman–Crippen MR) is 76.4 cm³/mol. The minimum Gasteiger partial charge on any atom is -0.480 e. The number of nitrogens with two attached hydrogens (primary N) is 1. The summed E-state index contributed by atoms with van der Waals surface area (Å²) in [5.74, 6) is -1.12. The van der Waals surface area contributed by atoms with Crippen LogP contribution >= 0.6 is 11.8 Å². The van der Waals surface area contributed by atoms with Crippen LogP contribution in [0.25, 0.3) is 0 Å². The van der Waals surface area contributed by atoms with Crippen molar-refractivity contribution in [3.05, 3.63) is 35.9 Å². The van der Waals surface area contributed by atoms with Gasteiger partial charge in [0.15, 0.2) is 0 Å². The normalized spacial score (nSPS) is 11.6. The fraction of sp³-hybridized carbons (Fsp3) is 0.308. The first-order chi connectivity index (χ1) is 9.49. The van der Waals surface area contributed by atoms with Crippen molar-refractivity contribution >= 4 is 29.7 Å². The maximum atomic E-state index is 11.2. The zero-order chi connectivity index (χ0) is 15.0. The first-order valence-electron chi connectivity index (χ1n) is 5.96. The van der Waals surface area contributed by atoms with Crippen LogP contribution in [0.15, 0.2) is 30.3 Å². The number of carbonyl (C=O) groups excluding carboxylic acids is 2. The molecule has 0 fully saturated rings. The number of carboxylic acid groups (broad SMARTS) is 1. The maximum absolute atomic E-state index is 11.2. The molecule has 1 unspecified atom stereocenters. The van der Waals surface area contributed by atoms with Crippen LogP contribution in [-0.2, 0) is 16.0 Å². The van der Waals surface area contributed by atoms with Crippen molar-refractivity contribution < 1.29 is 19.5 Å². The molecule has 1 aromatic rings. The van der Waals surface area contributed by atoms with Crippen LogP contribution < -0.4 is 11.1 Å². The predicted octanol–water partition coefficient (Wildman–Crippen LogP) is 1.00. The molecule has 3 amide bonds. The van der Waals surface area contributed by atoms with Crippen LogP contribution in [-0.4, -0.2) is 34.0 Å². The van der Waals surface area contributed by atoms with Crippen molar-refractivity contribution in [1.82, 2.24) is 5.32 Å². The van der Waals surface area contributed by atoms with E-state index >= 15 is 0 Å². The summed E-state index contributed by atoms with van der Waals surface area (Å²) in [6.45, 7) is 0. The van der Waals surface area contributed by atoms with Gasteiger partial charge < -0.3 is 10.8 Å². The number of amides is 3. The van der Waals surface area contributed by atoms with Crippen LogP contribution in [0.1, 0.15) is 12.0 Å². The summed E-state index contributed by atoms with van der Waals surface area (Å²) in [6.07, 6.45) is 0.435. The van der Waals surface area contributed by atoms with E-state index in [2.05, 4.69) is 0 Å². The molecular formula is C13H16N2O4S. The lowest BCUT2D eigenvalue weighted by Gasteiger charge is -2.11. The molecule has 0 saturated heterocycles. The number of hydrogen-bond acceptors (Lipinski definition) is 4. The average Bonchev–Trinajstić information content (AvgIpc) is 2.37. The third-order valence-electron chi connectivity index (χ3n) is 2.45. The van der Waals surface area contributed by atoms with Gasteiger partial charge in [-0.2, -0.15) is 0 Å². The van der Waals surface area contributed by atoms with E-state index in [1.54, 1.807) is 0 Å². The molecule has 0 aliphatic heterocycles.